The van der Waals surface area contributed by atoms with Crippen LogP contribution in [0.15, 0.2) is 33.5 Å². The lowest BCUT2D eigenvalue weighted by Crippen LogP contribution is -2.22. The Hall–Kier alpha value is -2.71. The van der Waals surface area contributed by atoms with Crippen molar-refractivity contribution in [1.82, 2.24) is 0 Å². The van der Waals surface area contributed by atoms with Gasteiger partial charge in [-0.2, -0.15) is 0 Å². The number of carbonyl (C=O) groups is 2. The lowest BCUT2D eigenvalue weighted by atomic mass is 10.0. The summed E-state index contributed by atoms with van der Waals surface area (Å²) in [6.45, 7) is 0. The monoisotopic (exact) mass is 322 g/mol. The van der Waals surface area contributed by atoms with Crippen LogP contribution in [0.2, 0.25) is 0 Å². The number of rotatable bonds is 5. The number of ether oxygens (including phenoxy) is 1. The van der Waals surface area contributed by atoms with E-state index in [0.29, 0.717) is 0 Å². The molecular weight excluding hydrogens is 308 g/mol. The molecule has 0 aliphatic heterocycles. The first kappa shape index (κ1) is 16.7. The van der Waals surface area contributed by atoms with E-state index in [1.165, 1.54) is 18.2 Å². The number of hydrogen-bond donors (Lipinski definition) is 3. The summed E-state index contributed by atoms with van der Waals surface area (Å²) in [5, 5.41) is 28.7. The zero-order chi connectivity index (χ0) is 17.1. The van der Waals surface area contributed by atoms with E-state index in [0.717, 1.165) is 13.2 Å². The molecule has 23 heavy (non-hydrogen) atoms. The third-order valence-corrected chi connectivity index (χ3v) is 3.27. The Morgan fingerprint density at radius 2 is 1.96 bits per heavy atom. The lowest BCUT2D eigenvalue weighted by Gasteiger charge is -2.17. The topological polar surface area (TPSA) is 134 Å². The number of methoxy groups -OCH3 is 1. The van der Waals surface area contributed by atoms with Gasteiger partial charge in [0.15, 0.2) is 5.43 Å². The van der Waals surface area contributed by atoms with Crippen LogP contribution in [-0.4, -0.2) is 40.5 Å². The average molecular weight is 322 g/mol. The van der Waals surface area contributed by atoms with Crippen molar-refractivity contribution in [3.8, 4) is 0 Å². The van der Waals surface area contributed by atoms with Crippen molar-refractivity contribution in [1.29, 1.82) is 0 Å². The van der Waals surface area contributed by atoms with Crippen molar-refractivity contribution >= 4 is 22.9 Å². The van der Waals surface area contributed by atoms with Gasteiger partial charge in [0, 0.05) is 6.07 Å². The Labute approximate surface area is 129 Å². The number of aliphatic hydroxyl groups excluding tert-OH is 2. The molecule has 8 heteroatoms. The third-order valence-electron chi connectivity index (χ3n) is 3.27. The van der Waals surface area contributed by atoms with Crippen LogP contribution in [0.25, 0.3) is 11.0 Å². The minimum Gasteiger partial charge on any atom is -0.475 e. The third kappa shape index (κ3) is 3.55. The van der Waals surface area contributed by atoms with Crippen molar-refractivity contribution in [2.45, 2.75) is 18.6 Å². The first-order chi connectivity index (χ1) is 10.8. The maximum absolute atomic E-state index is 11.9. The minimum absolute atomic E-state index is 0.0355. The largest absolute Gasteiger partial charge is 0.475 e. The predicted octanol–water partition coefficient (Wildman–Crippen LogP) is 0.449. The predicted molar refractivity (Wildman–Crippen MR) is 77.0 cm³/mol. The first-order valence-corrected chi connectivity index (χ1v) is 6.57. The average Bonchev–Trinajstić information content (AvgIpc) is 2.53. The molecule has 2 rings (SSSR count). The number of aliphatic hydroxyl groups is 2. The Bertz CT molecular complexity index is 807. The van der Waals surface area contributed by atoms with Crippen LogP contribution in [-0.2, 0) is 9.53 Å². The second kappa shape index (κ2) is 6.59. The molecule has 8 nitrogen and oxygen atoms in total. The molecule has 3 N–H and O–H groups in total. The molecule has 122 valence electrons. The van der Waals surface area contributed by atoms with Gasteiger partial charge >= 0.3 is 11.9 Å². The maximum Gasteiger partial charge on any atom is 0.371 e. The van der Waals surface area contributed by atoms with Crippen LogP contribution in [0.5, 0.6) is 0 Å². The van der Waals surface area contributed by atoms with Crippen molar-refractivity contribution in [2.24, 2.45) is 0 Å². The molecule has 0 spiro atoms. The molecule has 0 aliphatic carbocycles. The lowest BCUT2D eigenvalue weighted by molar-refractivity contribution is -0.144. The number of esters is 1. The van der Waals surface area contributed by atoms with Crippen molar-refractivity contribution in [3.63, 3.8) is 0 Å². The molecular formula is C15H14O8. The van der Waals surface area contributed by atoms with E-state index < -0.39 is 41.8 Å². The van der Waals surface area contributed by atoms with Gasteiger partial charge in [0.05, 0.1) is 25.0 Å². The number of benzene rings is 1. The molecule has 0 radical (unpaired) electrons. The summed E-state index contributed by atoms with van der Waals surface area (Å²) in [4.78, 5) is 33.9. The SMILES string of the molecule is COC(=O)CC(O)C(O)c1ccc2oc(C(=O)O)cc(=O)c2c1. The fraction of sp³-hybridized carbons (Fsp3) is 0.267. The summed E-state index contributed by atoms with van der Waals surface area (Å²) in [6, 6.07) is 4.78. The van der Waals surface area contributed by atoms with Gasteiger partial charge in [0.2, 0.25) is 5.76 Å². The number of hydrogen-bond acceptors (Lipinski definition) is 7. The number of carboxylic acids is 1. The molecule has 0 amide bonds. The molecule has 0 saturated heterocycles. The van der Waals surface area contributed by atoms with Gasteiger partial charge in [-0.1, -0.05) is 6.07 Å². The summed E-state index contributed by atoms with van der Waals surface area (Å²) < 4.78 is 9.46. The van der Waals surface area contributed by atoms with E-state index in [2.05, 4.69) is 4.74 Å². The highest BCUT2D eigenvalue weighted by Gasteiger charge is 2.22. The Morgan fingerprint density at radius 3 is 2.57 bits per heavy atom. The first-order valence-electron chi connectivity index (χ1n) is 6.57. The molecule has 1 aromatic heterocycles. The van der Waals surface area contributed by atoms with Crippen LogP contribution in [0, 0.1) is 0 Å². The van der Waals surface area contributed by atoms with Gasteiger partial charge in [0.25, 0.3) is 0 Å². The van der Waals surface area contributed by atoms with Crippen molar-refractivity contribution in [3.05, 3.63) is 45.8 Å². The van der Waals surface area contributed by atoms with Crippen LogP contribution < -0.4 is 5.43 Å². The summed E-state index contributed by atoms with van der Waals surface area (Å²) in [7, 11) is 1.16. The zero-order valence-electron chi connectivity index (χ0n) is 12.1. The van der Waals surface area contributed by atoms with E-state index in [4.69, 9.17) is 9.52 Å². The number of carboxylic acid groups (broad SMARTS) is 1. The van der Waals surface area contributed by atoms with Crippen LogP contribution in [0.3, 0.4) is 0 Å². The molecule has 0 fully saturated rings. The summed E-state index contributed by atoms with van der Waals surface area (Å²) in [6.07, 6.45) is -3.25. The van der Waals surface area contributed by atoms with Gasteiger partial charge in [0.1, 0.15) is 11.7 Å². The molecule has 2 aromatic rings. The Morgan fingerprint density at radius 1 is 1.26 bits per heavy atom. The molecule has 1 heterocycles. The fourth-order valence-electron chi connectivity index (χ4n) is 2.05. The van der Waals surface area contributed by atoms with E-state index in [1.54, 1.807) is 0 Å². The van der Waals surface area contributed by atoms with E-state index in [9.17, 15) is 24.6 Å². The molecule has 2 unspecified atom stereocenters. The van der Waals surface area contributed by atoms with Crippen molar-refractivity contribution < 1.29 is 34.1 Å². The second-order valence-corrected chi connectivity index (χ2v) is 4.83. The van der Waals surface area contributed by atoms with Gasteiger partial charge in [-0.05, 0) is 17.7 Å². The summed E-state index contributed by atoms with van der Waals surface area (Å²) in [5.41, 5.74) is -0.377. The van der Waals surface area contributed by atoms with Gasteiger partial charge in [-0.15, -0.1) is 0 Å². The van der Waals surface area contributed by atoms with Gasteiger partial charge < -0.3 is 24.5 Å². The standard InChI is InChI=1S/C15H14O8/c1-22-13(18)6-10(17)14(19)7-2-3-11-8(4-7)9(16)5-12(23-11)15(20)21/h2-5,10,14,17,19H,6H2,1H3,(H,20,21). The molecule has 0 bridgehead atoms. The molecule has 0 aliphatic rings. The summed E-state index contributed by atoms with van der Waals surface area (Å²) >= 11 is 0. The highest BCUT2D eigenvalue weighted by molar-refractivity contribution is 5.87. The molecule has 0 saturated carbocycles. The number of carbonyl (C=O) groups excluding carboxylic acids is 1. The van der Waals surface area contributed by atoms with E-state index in [-0.39, 0.29) is 16.5 Å². The van der Waals surface area contributed by atoms with Crippen LogP contribution in [0.4, 0.5) is 0 Å². The Kier molecular flexibility index (Phi) is 4.77. The van der Waals surface area contributed by atoms with E-state index >= 15 is 0 Å². The highest BCUT2D eigenvalue weighted by atomic mass is 16.5. The van der Waals surface area contributed by atoms with Crippen LogP contribution >= 0.6 is 0 Å². The fourth-order valence-corrected chi connectivity index (χ4v) is 2.05. The number of fused-ring (bicyclic) bond motifs is 1. The highest BCUT2D eigenvalue weighted by Crippen LogP contribution is 2.23. The molecule has 1 aromatic carbocycles. The van der Waals surface area contributed by atoms with Gasteiger partial charge in [-0.25, -0.2) is 4.79 Å². The Balaban J connectivity index is 2.38. The van der Waals surface area contributed by atoms with Crippen LogP contribution in [0.1, 0.15) is 28.6 Å². The molecule has 2 atom stereocenters. The van der Waals surface area contributed by atoms with Gasteiger partial charge in [-0.3, -0.25) is 9.59 Å². The van der Waals surface area contributed by atoms with E-state index in [1.807, 2.05) is 0 Å². The number of aromatic carboxylic acids is 1. The minimum atomic E-state index is -1.42. The van der Waals surface area contributed by atoms with Crippen molar-refractivity contribution in [2.75, 3.05) is 7.11 Å². The second-order valence-electron chi connectivity index (χ2n) is 4.83. The smallest absolute Gasteiger partial charge is 0.371 e. The summed E-state index contributed by atoms with van der Waals surface area (Å²) in [5.74, 6) is -2.56. The normalized spacial score (nSPS) is 13.5. The quantitative estimate of drug-likeness (QED) is 0.675. The maximum atomic E-state index is 11.9. The zero-order valence-corrected chi connectivity index (χ0v) is 12.1.